The summed E-state index contributed by atoms with van der Waals surface area (Å²) in [6.07, 6.45) is 0.311. The molecule has 1 aromatic heterocycles. The fourth-order valence-electron chi connectivity index (χ4n) is 2.39. The first-order valence-electron chi connectivity index (χ1n) is 8.07. The number of benzene rings is 2. The number of anilines is 1. The number of aryl methyl sites for hydroxylation is 1. The van der Waals surface area contributed by atoms with Crippen molar-refractivity contribution in [3.8, 4) is 17.2 Å². The minimum absolute atomic E-state index is 0.0717. The van der Waals surface area contributed by atoms with Crippen LogP contribution in [0.25, 0.3) is 11.5 Å². The van der Waals surface area contributed by atoms with Crippen molar-refractivity contribution < 1.29 is 18.9 Å². The molecule has 0 aliphatic carbocycles. The number of nitro groups is 1. The molecule has 0 saturated heterocycles. The molecule has 0 aliphatic rings. The summed E-state index contributed by atoms with van der Waals surface area (Å²) in [6, 6.07) is 13.3. The lowest BCUT2D eigenvalue weighted by atomic mass is 10.2. The topological polar surface area (TPSA) is 120 Å². The van der Waals surface area contributed by atoms with Crippen LogP contribution in [0.2, 0.25) is 0 Å². The molecule has 9 heteroatoms. The third-order valence-corrected chi connectivity index (χ3v) is 3.72. The van der Waals surface area contributed by atoms with Crippen molar-refractivity contribution in [2.24, 2.45) is 0 Å². The molecular weight excluding hydrogens is 352 g/mol. The summed E-state index contributed by atoms with van der Waals surface area (Å²) in [5.41, 5.74) is 0.879. The second-order valence-corrected chi connectivity index (χ2v) is 5.56. The fourth-order valence-corrected chi connectivity index (χ4v) is 2.39. The molecule has 0 aliphatic heterocycles. The van der Waals surface area contributed by atoms with Gasteiger partial charge in [0.05, 0.1) is 17.7 Å². The first kappa shape index (κ1) is 18.1. The van der Waals surface area contributed by atoms with Crippen LogP contribution in [0, 0.1) is 10.1 Å². The smallest absolute Gasteiger partial charge is 0.271 e. The van der Waals surface area contributed by atoms with E-state index in [2.05, 4.69) is 15.5 Å². The molecule has 0 bridgehead atoms. The van der Waals surface area contributed by atoms with Gasteiger partial charge in [-0.05, 0) is 18.2 Å². The Balaban J connectivity index is 1.63. The molecule has 3 rings (SSSR count). The molecule has 1 amide bonds. The molecule has 9 nitrogen and oxygen atoms in total. The molecule has 0 saturated carbocycles. The Hall–Kier alpha value is -3.75. The SMILES string of the molecule is COc1ccc([N+](=O)[O-])cc1NC(=O)CCc1nnc(-c2ccccc2)o1. The van der Waals surface area contributed by atoms with Gasteiger partial charge < -0.3 is 14.5 Å². The Bertz CT molecular complexity index is 955. The number of carbonyl (C=O) groups excluding carboxylic acids is 1. The molecule has 27 heavy (non-hydrogen) atoms. The number of aromatic nitrogens is 2. The zero-order chi connectivity index (χ0) is 19.2. The van der Waals surface area contributed by atoms with Gasteiger partial charge in [0.15, 0.2) is 0 Å². The van der Waals surface area contributed by atoms with Crippen LogP contribution in [-0.2, 0) is 11.2 Å². The number of non-ortho nitro benzene ring substituents is 1. The number of amides is 1. The van der Waals surface area contributed by atoms with Crippen LogP contribution in [0.3, 0.4) is 0 Å². The van der Waals surface area contributed by atoms with Crippen molar-refractivity contribution in [1.29, 1.82) is 0 Å². The lowest BCUT2D eigenvalue weighted by Gasteiger charge is -2.09. The third kappa shape index (κ3) is 4.46. The van der Waals surface area contributed by atoms with E-state index in [9.17, 15) is 14.9 Å². The van der Waals surface area contributed by atoms with E-state index < -0.39 is 4.92 Å². The maximum Gasteiger partial charge on any atom is 0.271 e. The Labute approximate surface area is 154 Å². The summed E-state index contributed by atoms with van der Waals surface area (Å²) in [5, 5.41) is 21.4. The number of methoxy groups -OCH3 is 1. The minimum atomic E-state index is -0.543. The molecule has 138 valence electrons. The van der Waals surface area contributed by atoms with Crippen LogP contribution in [-0.4, -0.2) is 28.1 Å². The van der Waals surface area contributed by atoms with Crippen molar-refractivity contribution in [3.63, 3.8) is 0 Å². The van der Waals surface area contributed by atoms with E-state index in [0.29, 0.717) is 17.5 Å². The molecule has 0 atom stereocenters. The van der Waals surface area contributed by atoms with Gasteiger partial charge in [-0.25, -0.2) is 0 Å². The fraction of sp³-hybridized carbons (Fsp3) is 0.167. The number of hydrogen-bond acceptors (Lipinski definition) is 7. The highest BCUT2D eigenvalue weighted by Gasteiger charge is 2.15. The van der Waals surface area contributed by atoms with Gasteiger partial charge in [-0.15, -0.1) is 10.2 Å². The van der Waals surface area contributed by atoms with Crippen LogP contribution >= 0.6 is 0 Å². The number of nitrogens with zero attached hydrogens (tertiary/aromatic N) is 3. The van der Waals surface area contributed by atoms with Gasteiger partial charge >= 0.3 is 0 Å². The number of nitrogens with one attached hydrogen (secondary N) is 1. The van der Waals surface area contributed by atoms with Gasteiger partial charge in [0.25, 0.3) is 5.69 Å². The largest absolute Gasteiger partial charge is 0.495 e. The lowest BCUT2D eigenvalue weighted by Crippen LogP contribution is -2.13. The predicted octanol–water partition coefficient (Wildman–Crippen LogP) is 3.22. The van der Waals surface area contributed by atoms with E-state index in [-0.39, 0.29) is 30.1 Å². The average Bonchev–Trinajstić information content (AvgIpc) is 3.16. The Morgan fingerprint density at radius 1 is 1.22 bits per heavy atom. The number of nitro benzene ring substituents is 1. The monoisotopic (exact) mass is 368 g/mol. The summed E-state index contributed by atoms with van der Waals surface area (Å²) in [5.74, 6) is 0.688. The quantitative estimate of drug-likeness (QED) is 0.502. The summed E-state index contributed by atoms with van der Waals surface area (Å²) >= 11 is 0. The summed E-state index contributed by atoms with van der Waals surface area (Å²) in [6.45, 7) is 0. The molecule has 0 fully saturated rings. The molecule has 2 aromatic carbocycles. The van der Waals surface area contributed by atoms with Crippen LogP contribution in [0.15, 0.2) is 52.9 Å². The Morgan fingerprint density at radius 2 is 2.00 bits per heavy atom. The Morgan fingerprint density at radius 3 is 2.70 bits per heavy atom. The second-order valence-electron chi connectivity index (χ2n) is 5.56. The van der Waals surface area contributed by atoms with Crippen molar-refractivity contribution in [1.82, 2.24) is 10.2 Å². The summed E-state index contributed by atoms with van der Waals surface area (Å²) in [7, 11) is 1.42. The number of hydrogen-bond donors (Lipinski definition) is 1. The van der Waals surface area contributed by atoms with E-state index in [1.165, 1.54) is 25.3 Å². The van der Waals surface area contributed by atoms with Crippen LogP contribution in [0.4, 0.5) is 11.4 Å². The van der Waals surface area contributed by atoms with E-state index in [1.807, 2.05) is 30.3 Å². The first-order valence-corrected chi connectivity index (χ1v) is 8.07. The van der Waals surface area contributed by atoms with Crippen molar-refractivity contribution in [3.05, 3.63) is 64.5 Å². The van der Waals surface area contributed by atoms with Crippen LogP contribution in [0.5, 0.6) is 5.75 Å². The zero-order valence-corrected chi connectivity index (χ0v) is 14.4. The lowest BCUT2D eigenvalue weighted by molar-refractivity contribution is -0.384. The average molecular weight is 368 g/mol. The third-order valence-electron chi connectivity index (χ3n) is 3.72. The van der Waals surface area contributed by atoms with Gasteiger partial charge in [0, 0.05) is 30.5 Å². The first-order chi connectivity index (χ1) is 13.1. The summed E-state index contributed by atoms with van der Waals surface area (Å²) in [4.78, 5) is 22.5. The van der Waals surface area contributed by atoms with Gasteiger partial charge in [-0.1, -0.05) is 18.2 Å². The standard InChI is InChI=1S/C18H16N4O5/c1-26-15-8-7-13(22(24)25)11-14(15)19-16(23)9-10-17-20-21-18(27-17)12-5-3-2-4-6-12/h2-8,11H,9-10H2,1H3,(H,19,23). The van der Waals surface area contributed by atoms with E-state index >= 15 is 0 Å². The van der Waals surface area contributed by atoms with Crippen molar-refractivity contribution in [2.45, 2.75) is 12.8 Å². The zero-order valence-electron chi connectivity index (χ0n) is 14.4. The van der Waals surface area contributed by atoms with Crippen molar-refractivity contribution in [2.75, 3.05) is 12.4 Å². The van der Waals surface area contributed by atoms with E-state index in [0.717, 1.165) is 5.56 Å². The number of ether oxygens (including phenoxy) is 1. The minimum Gasteiger partial charge on any atom is -0.495 e. The normalized spacial score (nSPS) is 10.4. The van der Waals surface area contributed by atoms with Gasteiger partial charge in [0.2, 0.25) is 17.7 Å². The highest BCUT2D eigenvalue weighted by Crippen LogP contribution is 2.29. The number of rotatable bonds is 7. The second kappa shape index (κ2) is 8.09. The van der Waals surface area contributed by atoms with E-state index in [4.69, 9.17) is 9.15 Å². The maximum absolute atomic E-state index is 12.2. The predicted molar refractivity (Wildman–Crippen MR) is 96.3 cm³/mol. The molecular formula is C18H16N4O5. The summed E-state index contributed by atoms with van der Waals surface area (Å²) < 4.78 is 10.7. The highest BCUT2D eigenvalue weighted by molar-refractivity contribution is 5.92. The number of carbonyl (C=O) groups is 1. The molecule has 0 unspecified atom stereocenters. The van der Waals surface area contributed by atoms with Gasteiger partial charge in [-0.2, -0.15) is 0 Å². The van der Waals surface area contributed by atoms with E-state index in [1.54, 1.807) is 0 Å². The molecule has 0 spiro atoms. The van der Waals surface area contributed by atoms with Gasteiger partial charge in [-0.3, -0.25) is 14.9 Å². The maximum atomic E-state index is 12.2. The molecule has 3 aromatic rings. The van der Waals surface area contributed by atoms with Gasteiger partial charge in [0.1, 0.15) is 5.75 Å². The molecule has 0 radical (unpaired) electrons. The highest BCUT2D eigenvalue weighted by atomic mass is 16.6. The molecule has 1 N–H and O–H groups in total. The van der Waals surface area contributed by atoms with Crippen molar-refractivity contribution >= 4 is 17.3 Å². The molecule has 1 heterocycles. The van der Waals surface area contributed by atoms with Crippen LogP contribution < -0.4 is 10.1 Å². The van der Waals surface area contributed by atoms with Crippen LogP contribution in [0.1, 0.15) is 12.3 Å². The Kier molecular flexibility index (Phi) is 5.41.